The number of hydrogen-bond donors (Lipinski definition) is 1. The highest BCUT2D eigenvalue weighted by atomic mass is 16.4. The first-order valence-corrected chi connectivity index (χ1v) is 7.48. The van der Waals surface area contributed by atoms with Gasteiger partial charge in [-0.05, 0) is 79.4 Å². The molecule has 0 radical (unpaired) electrons. The van der Waals surface area contributed by atoms with E-state index in [0.29, 0.717) is 11.0 Å². The molecule has 0 heterocycles. The van der Waals surface area contributed by atoms with E-state index in [4.69, 9.17) is 5.11 Å². The van der Waals surface area contributed by atoms with Crippen LogP contribution >= 0.6 is 0 Å². The van der Waals surface area contributed by atoms with Crippen LogP contribution in [0, 0.1) is 17.8 Å². The molecule has 4 aliphatic carbocycles. The zero-order valence-corrected chi connectivity index (χ0v) is 11.1. The van der Waals surface area contributed by atoms with Crippen molar-refractivity contribution in [3.8, 4) is 0 Å². The van der Waals surface area contributed by atoms with Gasteiger partial charge in [-0.2, -0.15) is 0 Å². The van der Waals surface area contributed by atoms with Gasteiger partial charge in [-0.1, -0.05) is 12.1 Å². The third-order valence-electron chi connectivity index (χ3n) is 5.78. The van der Waals surface area contributed by atoms with Crippen LogP contribution in [0.4, 0.5) is 0 Å². The van der Waals surface area contributed by atoms with E-state index in [9.17, 15) is 4.79 Å². The highest BCUT2D eigenvalue weighted by Crippen LogP contribution is 2.60. The summed E-state index contributed by atoms with van der Waals surface area (Å²) in [6.45, 7) is 0. The molecule has 1 aromatic carbocycles. The van der Waals surface area contributed by atoms with Gasteiger partial charge >= 0.3 is 5.97 Å². The van der Waals surface area contributed by atoms with Crippen molar-refractivity contribution in [1.29, 1.82) is 0 Å². The molecule has 0 aliphatic heterocycles. The van der Waals surface area contributed by atoms with Gasteiger partial charge in [0.2, 0.25) is 0 Å². The Morgan fingerprint density at radius 2 is 1.42 bits per heavy atom. The quantitative estimate of drug-likeness (QED) is 0.872. The van der Waals surface area contributed by atoms with Crippen molar-refractivity contribution in [1.82, 2.24) is 0 Å². The average molecular weight is 256 g/mol. The molecular formula is C17H20O2. The standard InChI is InChI=1S/C17H20O2/c18-16(19)14-1-3-15(4-2-14)17-8-11-5-12(9-17)7-13(6-11)10-17/h1-4,11-13H,5-10H2,(H,18,19). The summed E-state index contributed by atoms with van der Waals surface area (Å²) in [5, 5.41) is 9.01. The normalized spacial score (nSPS) is 39.5. The summed E-state index contributed by atoms with van der Waals surface area (Å²) in [4.78, 5) is 11.0. The molecule has 0 saturated heterocycles. The molecule has 19 heavy (non-hydrogen) atoms. The number of rotatable bonds is 2. The first kappa shape index (κ1) is 11.5. The van der Waals surface area contributed by atoms with Gasteiger partial charge in [-0.15, -0.1) is 0 Å². The zero-order valence-electron chi connectivity index (χ0n) is 11.1. The number of carboxylic acids is 1. The fraction of sp³-hybridized carbons (Fsp3) is 0.588. The second-order valence-electron chi connectivity index (χ2n) is 7.08. The molecule has 100 valence electrons. The van der Waals surface area contributed by atoms with Crippen LogP contribution in [0.3, 0.4) is 0 Å². The summed E-state index contributed by atoms with van der Waals surface area (Å²) in [5.74, 6) is 1.98. The van der Waals surface area contributed by atoms with Gasteiger partial charge in [0.15, 0.2) is 0 Å². The molecule has 4 bridgehead atoms. The van der Waals surface area contributed by atoms with Crippen molar-refractivity contribution < 1.29 is 9.90 Å². The van der Waals surface area contributed by atoms with Crippen LogP contribution in [0.5, 0.6) is 0 Å². The number of hydrogen-bond acceptors (Lipinski definition) is 1. The number of carboxylic acid groups (broad SMARTS) is 1. The van der Waals surface area contributed by atoms with Gasteiger partial charge in [0.05, 0.1) is 5.56 Å². The molecule has 4 aliphatic rings. The molecule has 4 saturated carbocycles. The van der Waals surface area contributed by atoms with Gasteiger partial charge in [0, 0.05) is 0 Å². The molecule has 4 fully saturated rings. The zero-order chi connectivity index (χ0) is 13.0. The Labute approximate surface area is 113 Å². The first-order valence-electron chi connectivity index (χ1n) is 7.48. The second-order valence-corrected chi connectivity index (χ2v) is 7.08. The van der Waals surface area contributed by atoms with E-state index in [-0.39, 0.29) is 0 Å². The molecule has 0 unspecified atom stereocenters. The van der Waals surface area contributed by atoms with Crippen molar-refractivity contribution in [3.05, 3.63) is 35.4 Å². The lowest BCUT2D eigenvalue weighted by Crippen LogP contribution is -2.48. The molecule has 0 spiro atoms. The predicted molar refractivity (Wildman–Crippen MR) is 73.3 cm³/mol. The van der Waals surface area contributed by atoms with Crippen LogP contribution in [0.15, 0.2) is 24.3 Å². The van der Waals surface area contributed by atoms with Crippen molar-refractivity contribution >= 4 is 5.97 Å². The molecule has 5 rings (SSSR count). The third kappa shape index (κ3) is 1.73. The Morgan fingerprint density at radius 1 is 0.947 bits per heavy atom. The smallest absolute Gasteiger partial charge is 0.335 e. The molecule has 1 N–H and O–H groups in total. The first-order chi connectivity index (χ1) is 9.14. The maximum absolute atomic E-state index is 11.0. The molecule has 0 aromatic heterocycles. The van der Waals surface area contributed by atoms with Crippen LogP contribution in [0.1, 0.15) is 54.4 Å². The Morgan fingerprint density at radius 3 is 1.84 bits per heavy atom. The fourth-order valence-corrected chi connectivity index (χ4v) is 5.43. The maximum Gasteiger partial charge on any atom is 0.335 e. The van der Waals surface area contributed by atoms with Crippen molar-refractivity contribution in [2.75, 3.05) is 0 Å². The highest BCUT2D eigenvalue weighted by molar-refractivity contribution is 5.87. The van der Waals surface area contributed by atoms with E-state index in [2.05, 4.69) is 12.1 Å². The molecular weight excluding hydrogens is 236 g/mol. The van der Waals surface area contributed by atoms with E-state index in [0.717, 1.165) is 17.8 Å². The second kappa shape index (κ2) is 3.84. The lowest BCUT2D eigenvalue weighted by molar-refractivity contribution is -0.00520. The van der Waals surface area contributed by atoms with Crippen molar-refractivity contribution in [3.63, 3.8) is 0 Å². The van der Waals surface area contributed by atoms with E-state index in [1.165, 1.54) is 44.1 Å². The highest BCUT2D eigenvalue weighted by Gasteiger charge is 2.51. The van der Waals surface area contributed by atoms with E-state index in [1.807, 2.05) is 0 Å². The molecule has 0 atom stereocenters. The summed E-state index contributed by atoms with van der Waals surface area (Å²) in [6.07, 6.45) is 8.37. The Balaban J connectivity index is 1.69. The lowest BCUT2D eigenvalue weighted by Gasteiger charge is -2.57. The molecule has 1 aromatic rings. The minimum Gasteiger partial charge on any atom is -0.478 e. The number of aromatic carboxylic acids is 1. The van der Waals surface area contributed by atoms with Gasteiger partial charge < -0.3 is 5.11 Å². The molecule has 2 heteroatoms. The van der Waals surface area contributed by atoms with Gasteiger partial charge in [0.1, 0.15) is 0 Å². The minimum atomic E-state index is -0.822. The van der Waals surface area contributed by atoms with E-state index in [1.54, 1.807) is 12.1 Å². The topological polar surface area (TPSA) is 37.3 Å². The summed E-state index contributed by atoms with van der Waals surface area (Å²) < 4.78 is 0. The monoisotopic (exact) mass is 256 g/mol. The van der Waals surface area contributed by atoms with Gasteiger partial charge in [-0.25, -0.2) is 4.79 Å². The summed E-state index contributed by atoms with van der Waals surface area (Å²) >= 11 is 0. The van der Waals surface area contributed by atoms with Crippen LogP contribution in [-0.2, 0) is 5.41 Å². The van der Waals surface area contributed by atoms with Crippen LogP contribution in [-0.4, -0.2) is 11.1 Å². The van der Waals surface area contributed by atoms with Crippen LogP contribution in [0.2, 0.25) is 0 Å². The number of benzene rings is 1. The minimum absolute atomic E-state index is 0.381. The van der Waals surface area contributed by atoms with Gasteiger partial charge in [-0.3, -0.25) is 0 Å². The van der Waals surface area contributed by atoms with Crippen LogP contribution in [0.25, 0.3) is 0 Å². The largest absolute Gasteiger partial charge is 0.478 e. The van der Waals surface area contributed by atoms with Crippen LogP contribution < -0.4 is 0 Å². The van der Waals surface area contributed by atoms with Crippen molar-refractivity contribution in [2.24, 2.45) is 17.8 Å². The third-order valence-corrected chi connectivity index (χ3v) is 5.78. The predicted octanol–water partition coefficient (Wildman–Crippen LogP) is 3.85. The molecule has 2 nitrogen and oxygen atoms in total. The maximum atomic E-state index is 11.0. The van der Waals surface area contributed by atoms with E-state index < -0.39 is 5.97 Å². The Hall–Kier alpha value is -1.31. The lowest BCUT2D eigenvalue weighted by atomic mass is 9.48. The summed E-state index contributed by atoms with van der Waals surface area (Å²) in [6, 6.07) is 7.74. The molecule has 0 amide bonds. The summed E-state index contributed by atoms with van der Waals surface area (Å²) in [5.41, 5.74) is 2.19. The fourth-order valence-electron chi connectivity index (χ4n) is 5.43. The SMILES string of the molecule is O=C(O)c1ccc(C23CC4CC(CC(C4)C2)C3)cc1. The Kier molecular flexibility index (Phi) is 2.33. The van der Waals surface area contributed by atoms with E-state index >= 15 is 0 Å². The van der Waals surface area contributed by atoms with Gasteiger partial charge in [0.25, 0.3) is 0 Å². The van der Waals surface area contributed by atoms with Crippen molar-refractivity contribution in [2.45, 2.75) is 43.9 Å². The summed E-state index contributed by atoms with van der Waals surface area (Å²) in [7, 11) is 0. The average Bonchev–Trinajstić information content (AvgIpc) is 2.37. The number of carbonyl (C=O) groups is 1. The Bertz CT molecular complexity index is 479.